The second-order valence-corrected chi connectivity index (χ2v) is 2.80. The van der Waals surface area contributed by atoms with E-state index in [9.17, 15) is 18.3 Å². The summed E-state index contributed by atoms with van der Waals surface area (Å²) < 4.78 is 41.1. The molecule has 14 heavy (non-hydrogen) atoms. The number of phenolic OH excluding ortho intramolecular Hbond substituents is 1. The van der Waals surface area contributed by atoms with Crippen molar-refractivity contribution in [2.24, 2.45) is 0 Å². The van der Waals surface area contributed by atoms with Crippen LogP contribution in [-0.2, 0) is 6.18 Å². The van der Waals surface area contributed by atoms with E-state index < -0.39 is 11.9 Å². The molecule has 0 bridgehead atoms. The summed E-state index contributed by atoms with van der Waals surface area (Å²) in [5.74, 6) is -1.32. The number of hydrogen-bond acceptors (Lipinski definition) is 2. The van der Waals surface area contributed by atoms with Crippen LogP contribution in [0.2, 0.25) is 0 Å². The average molecular weight is 202 g/mol. The normalized spacial score (nSPS) is 12.2. The van der Waals surface area contributed by atoms with E-state index in [-0.39, 0.29) is 16.7 Å². The van der Waals surface area contributed by atoms with Gasteiger partial charge in [0.25, 0.3) is 0 Å². The van der Waals surface area contributed by atoms with Gasteiger partial charge in [-0.15, -0.1) is 0 Å². The van der Waals surface area contributed by atoms with Gasteiger partial charge >= 0.3 is 6.18 Å². The third-order valence-corrected chi connectivity index (χ3v) is 1.82. The Kier molecular flexibility index (Phi) is 1.70. The molecule has 0 saturated heterocycles. The Hall–Kier alpha value is -1.65. The first-order valence-electron chi connectivity index (χ1n) is 3.77. The molecule has 2 rings (SSSR count). The van der Waals surface area contributed by atoms with Gasteiger partial charge in [-0.25, -0.2) is 0 Å². The molecule has 0 amide bonds. The fourth-order valence-electron chi connectivity index (χ4n) is 1.19. The number of aromatic hydroxyl groups is 1. The van der Waals surface area contributed by atoms with Gasteiger partial charge in [0.15, 0.2) is 0 Å². The highest BCUT2D eigenvalue weighted by atomic mass is 19.4. The van der Waals surface area contributed by atoms with Crippen molar-refractivity contribution in [3.05, 3.63) is 30.0 Å². The molecule has 2 aromatic rings. The van der Waals surface area contributed by atoms with Gasteiger partial charge in [0.05, 0.1) is 5.39 Å². The average Bonchev–Trinajstić information content (AvgIpc) is 2.48. The monoisotopic (exact) mass is 202 g/mol. The van der Waals surface area contributed by atoms with E-state index in [0.29, 0.717) is 0 Å². The van der Waals surface area contributed by atoms with E-state index in [1.54, 1.807) is 0 Å². The molecule has 0 unspecified atom stereocenters. The van der Waals surface area contributed by atoms with Crippen LogP contribution in [0.25, 0.3) is 11.0 Å². The van der Waals surface area contributed by atoms with Gasteiger partial charge < -0.3 is 9.52 Å². The topological polar surface area (TPSA) is 33.4 Å². The minimum absolute atomic E-state index is 0.0253. The summed E-state index contributed by atoms with van der Waals surface area (Å²) in [7, 11) is 0. The van der Waals surface area contributed by atoms with E-state index in [1.165, 1.54) is 18.2 Å². The van der Waals surface area contributed by atoms with Crippen molar-refractivity contribution < 1.29 is 22.7 Å². The molecule has 0 saturated carbocycles. The van der Waals surface area contributed by atoms with Crippen molar-refractivity contribution in [3.63, 3.8) is 0 Å². The molecular weight excluding hydrogens is 197 g/mol. The van der Waals surface area contributed by atoms with E-state index in [1.807, 2.05) is 0 Å². The lowest BCUT2D eigenvalue weighted by Crippen LogP contribution is -2.01. The largest absolute Gasteiger partial charge is 0.507 e. The number of alkyl halides is 3. The highest BCUT2D eigenvalue weighted by Gasteiger charge is 2.35. The Balaban J connectivity index is 2.69. The minimum Gasteiger partial charge on any atom is -0.507 e. The highest BCUT2D eigenvalue weighted by Crippen LogP contribution is 2.36. The molecular formula is C9H5F3O2. The molecule has 0 radical (unpaired) electrons. The van der Waals surface area contributed by atoms with E-state index in [2.05, 4.69) is 4.42 Å². The zero-order chi connectivity index (χ0) is 10.3. The van der Waals surface area contributed by atoms with Crippen LogP contribution in [0.1, 0.15) is 5.76 Å². The number of halogens is 3. The fourth-order valence-corrected chi connectivity index (χ4v) is 1.19. The third-order valence-electron chi connectivity index (χ3n) is 1.82. The first kappa shape index (κ1) is 8.93. The van der Waals surface area contributed by atoms with Gasteiger partial charge in [0.2, 0.25) is 5.76 Å². The lowest BCUT2D eigenvalue weighted by molar-refractivity contribution is -0.152. The lowest BCUT2D eigenvalue weighted by atomic mass is 10.2. The van der Waals surface area contributed by atoms with Crippen LogP contribution in [0.3, 0.4) is 0 Å². The Morgan fingerprint density at radius 2 is 1.93 bits per heavy atom. The summed E-state index contributed by atoms with van der Waals surface area (Å²) in [6.45, 7) is 0. The maximum atomic E-state index is 12.2. The second-order valence-electron chi connectivity index (χ2n) is 2.80. The molecule has 74 valence electrons. The van der Waals surface area contributed by atoms with Crippen LogP contribution in [0.15, 0.2) is 28.7 Å². The van der Waals surface area contributed by atoms with Crippen LogP contribution >= 0.6 is 0 Å². The first-order chi connectivity index (χ1) is 6.48. The van der Waals surface area contributed by atoms with Crippen molar-refractivity contribution in [1.82, 2.24) is 0 Å². The Labute approximate surface area is 76.6 Å². The number of rotatable bonds is 0. The summed E-state index contributed by atoms with van der Waals surface area (Å²) in [5, 5.41) is 9.29. The second kappa shape index (κ2) is 2.67. The zero-order valence-corrected chi connectivity index (χ0v) is 6.80. The van der Waals surface area contributed by atoms with Crippen molar-refractivity contribution in [1.29, 1.82) is 0 Å². The van der Waals surface area contributed by atoms with Crippen molar-refractivity contribution in [3.8, 4) is 5.75 Å². The Morgan fingerprint density at radius 1 is 1.21 bits per heavy atom. The third kappa shape index (κ3) is 1.30. The maximum Gasteiger partial charge on any atom is 0.449 e. The molecule has 1 N–H and O–H groups in total. The number of phenols is 1. The SMILES string of the molecule is Oc1cccc2oc(C(F)(F)F)cc12. The van der Waals surface area contributed by atoms with Crippen LogP contribution in [-0.4, -0.2) is 5.11 Å². The molecule has 1 aromatic heterocycles. The molecule has 0 aliphatic heterocycles. The Bertz CT molecular complexity index is 470. The lowest BCUT2D eigenvalue weighted by Gasteiger charge is -1.98. The van der Waals surface area contributed by atoms with Crippen LogP contribution in [0.5, 0.6) is 5.75 Å². The molecule has 2 nitrogen and oxygen atoms in total. The quantitative estimate of drug-likeness (QED) is 0.711. The summed E-state index contributed by atoms with van der Waals surface area (Å²) in [6.07, 6.45) is -4.52. The van der Waals surface area contributed by atoms with Gasteiger partial charge in [-0.1, -0.05) is 6.07 Å². The maximum absolute atomic E-state index is 12.2. The Morgan fingerprint density at radius 3 is 2.50 bits per heavy atom. The summed E-state index contributed by atoms with van der Waals surface area (Å²) in [5.41, 5.74) is 0.0253. The predicted octanol–water partition coefficient (Wildman–Crippen LogP) is 3.16. The first-order valence-corrected chi connectivity index (χ1v) is 3.77. The van der Waals surface area contributed by atoms with Crippen LogP contribution < -0.4 is 0 Å². The van der Waals surface area contributed by atoms with Crippen LogP contribution in [0.4, 0.5) is 13.2 Å². The summed E-state index contributed by atoms with van der Waals surface area (Å²) in [6, 6.07) is 4.87. The van der Waals surface area contributed by atoms with E-state index >= 15 is 0 Å². The van der Waals surface area contributed by atoms with E-state index in [0.717, 1.165) is 6.07 Å². The molecule has 0 spiro atoms. The molecule has 0 fully saturated rings. The summed E-state index contributed by atoms with van der Waals surface area (Å²) in [4.78, 5) is 0. The predicted molar refractivity (Wildman–Crippen MR) is 42.9 cm³/mol. The summed E-state index contributed by atoms with van der Waals surface area (Å²) >= 11 is 0. The standard InChI is InChI=1S/C9H5F3O2/c10-9(11,12)8-4-5-6(13)2-1-3-7(5)14-8/h1-4,13H. The number of furan rings is 1. The van der Waals surface area contributed by atoms with Crippen LogP contribution in [0, 0.1) is 0 Å². The number of benzene rings is 1. The molecule has 0 aliphatic rings. The van der Waals surface area contributed by atoms with Crippen molar-refractivity contribution >= 4 is 11.0 Å². The molecule has 0 aliphatic carbocycles. The van der Waals surface area contributed by atoms with Crippen molar-refractivity contribution in [2.45, 2.75) is 6.18 Å². The molecule has 5 heteroatoms. The number of fused-ring (bicyclic) bond motifs is 1. The zero-order valence-electron chi connectivity index (χ0n) is 6.80. The van der Waals surface area contributed by atoms with Gasteiger partial charge in [-0.3, -0.25) is 0 Å². The van der Waals surface area contributed by atoms with Crippen molar-refractivity contribution in [2.75, 3.05) is 0 Å². The highest BCUT2D eigenvalue weighted by molar-refractivity contribution is 5.84. The molecule has 1 heterocycles. The molecule has 1 aromatic carbocycles. The van der Waals surface area contributed by atoms with Gasteiger partial charge in [0, 0.05) is 6.07 Å². The smallest absolute Gasteiger partial charge is 0.449 e. The van der Waals surface area contributed by atoms with E-state index in [4.69, 9.17) is 0 Å². The van der Waals surface area contributed by atoms with Gasteiger partial charge in [-0.2, -0.15) is 13.2 Å². The molecule has 0 atom stereocenters. The minimum atomic E-state index is -4.52. The van der Waals surface area contributed by atoms with Gasteiger partial charge in [0.1, 0.15) is 11.3 Å². The number of hydrogen-bond donors (Lipinski definition) is 1. The van der Waals surface area contributed by atoms with Gasteiger partial charge in [-0.05, 0) is 12.1 Å². The fraction of sp³-hybridized carbons (Fsp3) is 0.111.